The molecule has 2 heterocycles. The van der Waals surface area contributed by atoms with Crippen molar-refractivity contribution in [3.8, 4) is 11.4 Å². The maximum atomic E-state index is 11.9. The van der Waals surface area contributed by atoms with E-state index in [0.717, 1.165) is 18.4 Å². The van der Waals surface area contributed by atoms with E-state index in [4.69, 9.17) is 0 Å². The average molecular weight is 333 g/mol. The number of nitrogens with one attached hydrogen (secondary N) is 2. The molecule has 2 aromatic heterocycles. The number of hydrogen-bond donors (Lipinski definition) is 2. The minimum Gasteiger partial charge on any atom is -0.353 e. The number of aromatic nitrogens is 4. The Morgan fingerprint density at radius 2 is 2.13 bits per heavy atom. The van der Waals surface area contributed by atoms with Gasteiger partial charge in [-0.2, -0.15) is 0 Å². The Balaban J connectivity index is 1.75. The van der Waals surface area contributed by atoms with Gasteiger partial charge in [0.1, 0.15) is 0 Å². The summed E-state index contributed by atoms with van der Waals surface area (Å²) in [6, 6.07) is 3.94. The molecule has 0 aromatic carbocycles. The molecule has 6 nitrogen and oxygen atoms in total. The van der Waals surface area contributed by atoms with E-state index in [2.05, 4.69) is 32.4 Å². The normalized spacial score (nSPS) is 12.1. The molecule has 0 bridgehead atoms. The van der Waals surface area contributed by atoms with Crippen LogP contribution < -0.4 is 5.32 Å². The molecule has 124 valence electrons. The molecular weight excluding hydrogens is 310 g/mol. The molecule has 2 rings (SSSR count). The van der Waals surface area contributed by atoms with E-state index in [-0.39, 0.29) is 11.9 Å². The highest BCUT2D eigenvalue weighted by Gasteiger charge is 2.11. The Morgan fingerprint density at radius 3 is 2.87 bits per heavy atom. The van der Waals surface area contributed by atoms with Crippen LogP contribution in [-0.4, -0.2) is 37.9 Å². The molecule has 0 radical (unpaired) electrons. The number of carbonyl (C=O) groups excluding carboxylic acids is 1. The zero-order valence-electron chi connectivity index (χ0n) is 13.6. The van der Waals surface area contributed by atoms with Gasteiger partial charge >= 0.3 is 0 Å². The Bertz CT molecular complexity index is 602. The molecule has 0 spiro atoms. The lowest BCUT2D eigenvalue weighted by Crippen LogP contribution is -2.33. The van der Waals surface area contributed by atoms with E-state index in [0.29, 0.717) is 16.7 Å². The maximum absolute atomic E-state index is 11.9. The average Bonchev–Trinajstić information content (AvgIpc) is 3.03. The first-order chi connectivity index (χ1) is 11.2. The SMILES string of the molecule is CCCCC[C@H](C)NC(=O)CSc1n[nH]c(-c2ccncc2)n1. The topological polar surface area (TPSA) is 83.6 Å². The van der Waals surface area contributed by atoms with E-state index in [9.17, 15) is 4.79 Å². The fraction of sp³-hybridized carbons (Fsp3) is 0.500. The number of carbonyl (C=O) groups is 1. The van der Waals surface area contributed by atoms with Crippen molar-refractivity contribution in [2.24, 2.45) is 0 Å². The van der Waals surface area contributed by atoms with E-state index >= 15 is 0 Å². The lowest BCUT2D eigenvalue weighted by Gasteiger charge is -2.12. The van der Waals surface area contributed by atoms with E-state index in [1.165, 1.54) is 24.6 Å². The summed E-state index contributed by atoms with van der Waals surface area (Å²) in [4.78, 5) is 20.3. The van der Waals surface area contributed by atoms with Crippen molar-refractivity contribution in [3.05, 3.63) is 24.5 Å². The van der Waals surface area contributed by atoms with Gasteiger partial charge in [-0.05, 0) is 25.5 Å². The quantitative estimate of drug-likeness (QED) is 0.544. The molecule has 0 saturated carbocycles. The van der Waals surface area contributed by atoms with Crippen LogP contribution in [0.4, 0.5) is 0 Å². The van der Waals surface area contributed by atoms with Gasteiger partial charge in [-0.25, -0.2) is 4.98 Å². The van der Waals surface area contributed by atoms with Gasteiger partial charge in [-0.1, -0.05) is 37.9 Å². The van der Waals surface area contributed by atoms with Crippen molar-refractivity contribution < 1.29 is 4.79 Å². The smallest absolute Gasteiger partial charge is 0.230 e. The van der Waals surface area contributed by atoms with Crippen LogP contribution in [0, 0.1) is 0 Å². The van der Waals surface area contributed by atoms with Crippen molar-refractivity contribution in [2.45, 2.75) is 50.7 Å². The predicted molar refractivity (Wildman–Crippen MR) is 92.1 cm³/mol. The number of rotatable bonds is 9. The van der Waals surface area contributed by atoms with Crippen molar-refractivity contribution >= 4 is 17.7 Å². The molecule has 23 heavy (non-hydrogen) atoms. The van der Waals surface area contributed by atoms with Crippen LogP contribution in [0.25, 0.3) is 11.4 Å². The van der Waals surface area contributed by atoms with Gasteiger partial charge in [0, 0.05) is 24.0 Å². The predicted octanol–water partition coefficient (Wildman–Crippen LogP) is 3.04. The summed E-state index contributed by atoms with van der Waals surface area (Å²) in [5, 5.41) is 10.6. The molecule has 0 aliphatic heterocycles. The molecular formula is C16H23N5OS. The summed E-state index contributed by atoms with van der Waals surface area (Å²) in [7, 11) is 0. The summed E-state index contributed by atoms with van der Waals surface area (Å²) >= 11 is 1.33. The minimum atomic E-state index is 0.0225. The Hall–Kier alpha value is -1.89. The Morgan fingerprint density at radius 1 is 1.35 bits per heavy atom. The first-order valence-electron chi connectivity index (χ1n) is 7.94. The molecule has 0 unspecified atom stereocenters. The summed E-state index contributed by atoms with van der Waals surface area (Å²) < 4.78 is 0. The fourth-order valence-electron chi connectivity index (χ4n) is 2.17. The lowest BCUT2D eigenvalue weighted by molar-refractivity contribution is -0.119. The van der Waals surface area contributed by atoms with Crippen molar-refractivity contribution in [1.82, 2.24) is 25.5 Å². The number of amides is 1. The van der Waals surface area contributed by atoms with Crippen LogP contribution in [0.5, 0.6) is 0 Å². The van der Waals surface area contributed by atoms with Crippen LogP contribution in [0.2, 0.25) is 0 Å². The first kappa shape index (κ1) is 17.5. The second kappa shape index (κ2) is 9.29. The number of aromatic amines is 1. The van der Waals surface area contributed by atoms with E-state index < -0.39 is 0 Å². The monoisotopic (exact) mass is 333 g/mol. The maximum Gasteiger partial charge on any atom is 0.230 e. The van der Waals surface area contributed by atoms with Gasteiger partial charge in [0.2, 0.25) is 11.1 Å². The summed E-state index contributed by atoms with van der Waals surface area (Å²) in [6.45, 7) is 4.23. The van der Waals surface area contributed by atoms with Crippen LogP contribution in [0.15, 0.2) is 29.7 Å². The second-order valence-electron chi connectivity index (χ2n) is 5.46. The van der Waals surface area contributed by atoms with Crippen LogP contribution in [-0.2, 0) is 4.79 Å². The lowest BCUT2D eigenvalue weighted by atomic mass is 10.1. The molecule has 1 atom stereocenters. The minimum absolute atomic E-state index is 0.0225. The van der Waals surface area contributed by atoms with Crippen molar-refractivity contribution in [3.63, 3.8) is 0 Å². The fourth-order valence-corrected chi connectivity index (χ4v) is 2.78. The largest absolute Gasteiger partial charge is 0.353 e. The molecule has 0 aliphatic rings. The molecule has 7 heteroatoms. The van der Waals surface area contributed by atoms with Gasteiger partial charge < -0.3 is 5.32 Å². The second-order valence-corrected chi connectivity index (χ2v) is 6.40. The number of hydrogen-bond acceptors (Lipinski definition) is 5. The number of H-pyrrole nitrogens is 1. The van der Waals surface area contributed by atoms with Gasteiger partial charge in [-0.3, -0.25) is 14.9 Å². The van der Waals surface area contributed by atoms with Crippen LogP contribution in [0.3, 0.4) is 0 Å². The highest BCUT2D eigenvalue weighted by Crippen LogP contribution is 2.18. The number of unbranched alkanes of at least 4 members (excludes halogenated alkanes) is 2. The van der Waals surface area contributed by atoms with E-state index in [1.54, 1.807) is 12.4 Å². The Kier molecular flexibility index (Phi) is 7.06. The van der Waals surface area contributed by atoms with Crippen molar-refractivity contribution in [2.75, 3.05) is 5.75 Å². The van der Waals surface area contributed by atoms with Crippen LogP contribution in [0.1, 0.15) is 39.5 Å². The molecule has 0 fully saturated rings. The summed E-state index contributed by atoms with van der Waals surface area (Å²) in [5.41, 5.74) is 0.924. The summed E-state index contributed by atoms with van der Waals surface area (Å²) in [6.07, 6.45) is 8.00. The molecule has 1 amide bonds. The molecule has 0 aliphatic carbocycles. The third-order valence-corrected chi connectivity index (χ3v) is 4.25. The Labute approximate surface area is 140 Å². The zero-order valence-corrected chi connectivity index (χ0v) is 14.4. The molecule has 2 aromatic rings. The standard InChI is InChI=1S/C16H23N5OS/c1-3-4-5-6-12(2)18-14(22)11-23-16-19-15(20-21-16)13-7-9-17-10-8-13/h7-10,12H,3-6,11H2,1-2H3,(H,18,22)(H,19,20,21)/t12-/m0/s1. The highest BCUT2D eigenvalue weighted by molar-refractivity contribution is 7.99. The van der Waals surface area contributed by atoms with Gasteiger partial charge in [-0.15, -0.1) is 5.10 Å². The molecule has 2 N–H and O–H groups in total. The van der Waals surface area contributed by atoms with Gasteiger partial charge in [0.05, 0.1) is 5.75 Å². The third kappa shape index (κ3) is 6.02. The molecule has 0 saturated heterocycles. The number of thioether (sulfide) groups is 1. The van der Waals surface area contributed by atoms with Gasteiger partial charge in [0.25, 0.3) is 0 Å². The van der Waals surface area contributed by atoms with Gasteiger partial charge in [0.15, 0.2) is 5.82 Å². The van der Waals surface area contributed by atoms with Crippen LogP contribution >= 0.6 is 11.8 Å². The summed E-state index contributed by atoms with van der Waals surface area (Å²) in [5.74, 6) is 1.03. The zero-order chi connectivity index (χ0) is 16.5. The number of nitrogens with zero attached hydrogens (tertiary/aromatic N) is 3. The van der Waals surface area contributed by atoms with E-state index in [1.807, 2.05) is 19.1 Å². The van der Waals surface area contributed by atoms with Crippen molar-refractivity contribution in [1.29, 1.82) is 0 Å². The number of pyridine rings is 1. The first-order valence-corrected chi connectivity index (χ1v) is 8.92. The third-order valence-electron chi connectivity index (χ3n) is 3.40. The highest BCUT2D eigenvalue weighted by atomic mass is 32.2.